The van der Waals surface area contributed by atoms with Crippen LogP contribution < -0.4 is 10.2 Å². The molecule has 158 valence electrons. The van der Waals surface area contributed by atoms with Crippen LogP contribution in [0, 0.1) is 5.92 Å². The fraction of sp³-hybridized carbons (Fsp3) is 0.375. The van der Waals surface area contributed by atoms with Crippen LogP contribution in [-0.2, 0) is 4.79 Å². The van der Waals surface area contributed by atoms with Gasteiger partial charge in [-0.05, 0) is 62.6 Å². The number of imide groups is 1. The summed E-state index contributed by atoms with van der Waals surface area (Å²) < 4.78 is 0. The lowest BCUT2D eigenvalue weighted by atomic mass is 10.0. The van der Waals surface area contributed by atoms with Gasteiger partial charge in [0.15, 0.2) is 0 Å². The summed E-state index contributed by atoms with van der Waals surface area (Å²) in [6, 6.07) is 13.5. The number of hydrogen-bond acceptors (Lipinski definition) is 4. The van der Waals surface area contributed by atoms with E-state index in [1.165, 1.54) is 0 Å². The number of nitrogens with zero attached hydrogens (tertiary/aromatic N) is 2. The van der Waals surface area contributed by atoms with Crippen molar-refractivity contribution in [3.63, 3.8) is 0 Å². The number of hydrogen-bond donors (Lipinski definition) is 1. The monoisotopic (exact) mass is 407 g/mol. The first kappa shape index (κ1) is 21.6. The van der Waals surface area contributed by atoms with Gasteiger partial charge in [0, 0.05) is 24.5 Å². The summed E-state index contributed by atoms with van der Waals surface area (Å²) in [5, 5.41) is 2.89. The maximum absolute atomic E-state index is 13.1. The summed E-state index contributed by atoms with van der Waals surface area (Å²) in [6.07, 6.45) is 0.398. The van der Waals surface area contributed by atoms with E-state index in [0.29, 0.717) is 23.2 Å². The van der Waals surface area contributed by atoms with E-state index in [4.69, 9.17) is 0 Å². The Hall–Kier alpha value is -3.15. The van der Waals surface area contributed by atoms with Gasteiger partial charge in [0.25, 0.3) is 11.8 Å². The quantitative estimate of drug-likeness (QED) is 0.667. The Balaban J connectivity index is 1.82. The van der Waals surface area contributed by atoms with Crippen molar-refractivity contribution in [2.75, 3.05) is 23.3 Å². The van der Waals surface area contributed by atoms with Crippen LogP contribution in [0.2, 0.25) is 0 Å². The summed E-state index contributed by atoms with van der Waals surface area (Å²) in [5.41, 5.74) is 2.43. The molecule has 6 nitrogen and oxygen atoms in total. The predicted molar refractivity (Wildman–Crippen MR) is 119 cm³/mol. The first-order chi connectivity index (χ1) is 14.4. The molecule has 0 aromatic heterocycles. The van der Waals surface area contributed by atoms with Crippen molar-refractivity contribution in [3.05, 3.63) is 59.7 Å². The molecule has 1 N–H and O–H groups in total. The van der Waals surface area contributed by atoms with E-state index < -0.39 is 17.9 Å². The molecular weight excluding hydrogens is 378 g/mol. The minimum Gasteiger partial charge on any atom is -0.372 e. The average Bonchev–Trinajstić information content (AvgIpc) is 2.99. The van der Waals surface area contributed by atoms with Crippen molar-refractivity contribution in [1.82, 2.24) is 4.90 Å². The van der Waals surface area contributed by atoms with E-state index in [1.807, 2.05) is 38.1 Å². The van der Waals surface area contributed by atoms with Gasteiger partial charge < -0.3 is 10.2 Å². The summed E-state index contributed by atoms with van der Waals surface area (Å²) in [5.74, 6) is -1.04. The number of rotatable bonds is 8. The van der Waals surface area contributed by atoms with Gasteiger partial charge in [0.05, 0.1) is 11.1 Å². The highest BCUT2D eigenvalue weighted by Crippen LogP contribution is 2.28. The van der Waals surface area contributed by atoms with E-state index in [2.05, 4.69) is 24.1 Å². The van der Waals surface area contributed by atoms with Crippen LogP contribution in [0.25, 0.3) is 0 Å². The van der Waals surface area contributed by atoms with Crippen LogP contribution in [0.4, 0.5) is 11.4 Å². The number of carbonyl (C=O) groups excluding carboxylic acids is 3. The lowest BCUT2D eigenvalue weighted by molar-refractivity contribution is -0.120. The number of anilines is 2. The Bertz CT molecular complexity index is 898. The molecular formula is C24H29N3O3. The van der Waals surface area contributed by atoms with E-state index in [1.54, 1.807) is 24.3 Å². The van der Waals surface area contributed by atoms with Gasteiger partial charge in [0.2, 0.25) is 5.91 Å². The average molecular weight is 408 g/mol. The van der Waals surface area contributed by atoms with Crippen LogP contribution in [0.1, 0.15) is 54.8 Å². The highest BCUT2D eigenvalue weighted by molar-refractivity contribution is 6.23. The van der Waals surface area contributed by atoms with Crippen LogP contribution in [0.5, 0.6) is 0 Å². The first-order valence-corrected chi connectivity index (χ1v) is 10.5. The lowest BCUT2D eigenvalue weighted by Gasteiger charge is -2.27. The van der Waals surface area contributed by atoms with Crippen LogP contribution in [0.15, 0.2) is 48.5 Å². The highest BCUT2D eigenvalue weighted by atomic mass is 16.2. The van der Waals surface area contributed by atoms with Crippen LogP contribution in [-0.4, -0.2) is 41.8 Å². The van der Waals surface area contributed by atoms with Gasteiger partial charge in [0.1, 0.15) is 6.04 Å². The van der Waals surface area contributed by atoms with E-state index in [9.17, 15) is 14.4 Å². The van der Waals surface area contributed by atoms with Crippen molar-refractivity contribution in [2.45, 2.75) is 40.2 Å². The number of fused-ring (bicyclic) bond motifs is 1. The van der Waals surface area contributed by atoms with Crippen LogP contribution >= 0.6 is 0 Å². The molecule has 6 heteroatoms. The third-order valence-corrected chi connectivity index (χ3v) is 5.40. The van der Waals surface area contributed by atoms with Gasteiger partial charge in [-0.3, -0.25) is 19.3 Å². The second-order valence-corrected chi connectivity index (χ2v) is 7.88. The normalized spacial score (nSPS) is 14.1. The third kappa shape index (κ3) is 4.22. The molecule has 0 unspecified atom stereocenters. The SMILES string of the molecule is CCN(CC)c1ccc(NC(=O)[C@@H](CC(C)C)N2C(=O)c3ccccc3C2=O)cc1. The molecule has 2 aromatic carbocycles. The van der Waals surface area contributed by atoms with Crippen molar-refractivity contribution in [2.24, 2.45) is 5.92 Å². The second-order valence-electron chi connectivity index (χ2n) is 7.88. The molecule has 0 aliphatic carbocycles. The van der Waals surface area contributed by atoms with Crippen molar-refractivity contribution < 1.29 is 14.4 Å². The molecule has 0 saturated heterocycles. The van der Waals surface area contributed by atoms with Crippen molar-refractivity contribution in [3.8, 4) is 0 Å². The highest BCUT2D eigenvalue weighted by Gasteiger charge is 2.42. The van der Waals surface area contributed by atoms with Crippen molar-refractivity contribution in [1.29, 1.82) is 0 Å². The summed E-state index contributed by atoms with van der Waals surface area (Å²) >= 11 is 0. The molecule has 1 aliphatic rings. The minimum atomic E-state index is -0.861. The molecule has 3 rings (SSSR count). The maximum atomic E-state index is 13.1. The van der Waals surface area contributed by atoms with E-state index in [0.717, 1.165) is 23.7 Å². The standard InChI is InChI=1S/C24H29N3O3/c1-5-26(6-2)18-13-11-17(12-14-18)25-22(28)21(15-16(3)4)27-23(29)19-9-7-8-10-20(19)24(27)30/h7-14,16,21H,5-6,15H2,1-4H3,(H,25,28)/t21-/m1/s1. The molecule has 0 fully saturated rings. The number of amides is 3. The fourth-order valence-corrected chi connectivity index (χ4v) is 3.84. The number of benzene rings is 2. The maximum Gasteiger partial charge on any atom is 0.262 e. The summed E-state index contributed by atoms with van der Waals surface area (Å²) in [7, 11) is 0. The molecule has 30 heavy (non-hydrogen) atoms. The lowest BCUT2D eigenvalue weighted by Crippen LogP contribution is -2.47. The fourth-order valence-electron chi connectivity index (χ4n) is 3.84. The number of carbonyl (C=O) groups is 3. The topological polar surface area (TPSA) is 69.7 Å². The second kappa shape index (κ2) is 9.11. The van der Waals surface area contributed by atoms with Crippen molar-refractivity contribution >= 4 is 29.1 Å². The molecule has 1 aliphatic heterocycles. The largest absolute Gasteiger partial charge is 0.372 e. The number of nitrogens with one attached hydrogen (secondary N) is 1. The molecule has 0 saturated carbocycles. The van der Waals surface area contributed by atoms with Crippen LogP contribution in [0.3, 0.4) is 0 Å². The summed E-state index contributed by atoms with van der Waals surface area (Å²) in [4.78, 5) is 42.3. The summed E-state index contributed by atoms with van der Waals surface area (Å²) in [6.45, 7) is 9.93. The predicted octanol–water partition coefficient (Wildman–Crippen LogP) is 4.18. The van der Waals surface area contributed by atoms with E-state index in [-0.39, 0.29) is 11.8 Å². The van der Waals surface area contributed by atoms with E-state index >= 15 is 0 Å². The Kier molecular flexibility index (Phi) is 6.55. The smallest absolute Gasteiger partial charge is 0.262 e. The zero-order chi connectivity index (χ0) is 21.8. The van der Waals surface area contributed by atoms with Gasteiger partial charge in [-0.25, -0.2) is 0 Å². The molecule has 1 heterocycles. The molecule has 0 radical (unpaired) electrons. The molecule has 3 amide bonds. The molecule has 1 atom stereocenters. The third-order valence-electron chi connectivity index (χ3n) is 5.40. The molecule has 2 aromatic rings. The Morgan fingerprint density at radius 3 is 1.93 bits per heavy atom. The van der Waals surface area contributed by atoms with Gasteiger partial charge in [-0.15, -0.1) is 0 Å². The van der Waals surface area contributed by atoms with Gasteiger partial charge >= 0.3 is 0 Å². The molecule has 0 spiro atoms. The zero-order valence-corrected chi connectivity index (χ0v) is 18.0. The molecule has 0 bridgehead atoms. The minimum absolute atomic E-state index is 0.134. The van der Waals surface area contributed by atoms with Gasteiger partial charge in [-0.1, -0.05) is 26.0 Å². The Morgan fingerprint density at radius 1 is 0.933 bits per heavy atom. The first-order valence-electron chi connectivity index (χ1n) is 10.5. The zero-order valence-electron chi connectivity index (χ0n) is 18.0. The van der Waals surface area contributed by atoms with Gasteiger partial charge in [-0.2, -0.15) is 0 Å². The Morgan fingerprint density at radius 2 is 1.47 bits per heavy atom. The Labute approximate surface area is 177 Å².